The lowest BCUT2D eigenvalue weighted by molar-refractivity contribution is -0.144. The molecule has 5 heteroatoms. The van der Waals surface area contributed by atoms with Crippen LogP contribution in [-0.4, -0.2) is 48.6 Å². The molecule has 0 amide bonds. The van der Waals surface area contributed by atoms with Crippen molar-refractivity contribution in [3.05, 3.63) is 0 Å². The maximum atomic E-state index is 11.4. The van der Waals surface area contributed by atoms with Crippen LogP contribution in [0.2, 0.25) is 0 Å². The Hall–Kier alpha value is -0.650. The lowest BCUT2D eigenvalue weighted by Gasteiger charge is -2.26. The van der Waals surface area contributed by atoms with Crippen LogP contribution >= 0.6 is 0 Å². The summed E-state index contributed by atoms with van der Waals surface area (Å²) in [6, 6.07) is 0.388. The molecule has 0 aromatic heterocycles. The fourth-order valence-corrected chi connectivity index (χ4v) is 1.97. The Kier molecular flexibility index (Phi) is 6.43. The Labute approximate surface area is 122 Å². The van der Waals surface area contributed by atoms with Gasteiger partial charge < -0.3 is 14.6 Å². The van der Waals surface area contributed by atoms with E-state index >= 15 is 0 Å². The molecule has 20 heavy (non-hydrogen) atoms. The fourth-order valence-electron chi connectivity index (χ4n) is 1.97. The molecular weight excluding hydrogens is 258 g/mol. The van der Waals surface area contributed by atoms with Crippen molar-refractivity contribution in [2.75, 3.05) is 20.3 Å². The summed E-state index contributed by atoms with van der Waals surface area (Å²) in [5.41, 5.74) is -0.987. The molecule has 1 saturated carbocycles. The van der Waals surface area contributed by atoms with E-state index < -0.39 is 11.5 Å². The molecule has 2 N–H and O–H groups in total. The van der Waals surface area contributed by atoms with E-state index in [1.54, 1.807) is 14.0 Å². The van der Waals surface area contributed by atoms with E-state index in [4.69, 9.17) is 9.47 Å². The van der Waals surface area contributed by atoms with Gasteiger partial charge >= 0.3 is 5.97 Å². The molecule has 0 bridgehead atoms. The van der Waals surface area contributed by atoms with Gasteiger partial charge in [-0.25, -0.2) is 0 Å². The summed E-state index contributed by atoms with van der Waals surface area (Å²) >= 11 is 0. The molecular formula is C15H29NO4. The predicted octanol–water partition coefficient (Wildman–Crippen LogP) is 2.19. The maximum Gasteiger partial charge on any atom is 0.323 e. The van der Waals surface area contributed by atoms with Crippen molar-refractivity contribution in [2.45, 2.75) is 70.1 Å². The van der Waals surface area contributed by atoms with E-state index in [0.717, 1.165) is 25.7 Å². The molecule has 1 unspecified atom stereocenters. The zero-order chi connectivity index (χ0) is 15.2. The molecule has 0 aliphatic heterocycles. The van der Waals surface area contributed by atoms with E-state index in [2.05, 4.69) is 5.32 Å². The number of rotatable bonds is 11. The lowest BCUT2D eigenvalue weighted by atomic mass is 9.96. The fraction of sp³-hybridized carbons (Fsp3) is 0.933. The first-order valence-electron chi connectivity index (χ1n) is 7.43. The van der Waals surface area contributed by atoms with Crippen molar-refractivity contribution >= 4 is 5.97 Å². The van der Waals surface area contributed by atoms with Crippen LogP contribution in [0.1, 0.15) is 52.9 Å². The van der Waals surface area contributed by atoms with E-state index in [-0.39, 0.29) is 5.60 Å². The zero-order valence-electron chi connectivity index (χ0n) is 13.2. The average molecular weight is 287 g/mol. The standard InChI is InChI=1S/C15H29NO4/c1-14(2,19-4)9-11-20-10-5-8-15(3,13(17)18)16-12-6-7-12/h12,16H,5-11H2,1-4H3,(H,17,18). The quantitative estimate of drug-likeness (QED) is 0.570. The van der Waals surface area contributed by atoms with Crippen molar-refractivity contribution in [1.29, 1.82) is 0 Å². The highest BCUT2D eigenvalue weighted by molar-refractivity contribution is 5.78. The van der Waals surface area contributed by atoms with Gasteiger partial charge in [-0.05, 0) is 52.9 Å². The highest BCUT2D eigenvalue weighted by Crippen LogP contribution is 2.25. The second-order valence-corrected chi connectivity index (χ2v) is 6.49. The molecule has 0 heterocycles. The van der Waals surface area contributed by atoms with Gasteiger partial charge in [-0.3, -0.25) is 10.1 Å². The number of aliphatic carboxylic acids is 1. The van der Waals surface area contributed by atoms with Crippen LogP contribution in [0.3, 0.4) is 0 Å². The Morgan fingerprint density at radius 2 is 1.90 bits per heavy atom. The van der Waals surface area contributed by atoms with Gasteiger partial charge in [0, 0.05) is 26.4 Å². The summed E-state index contributed by atoms with van der Waals surface area (Å²) in [7, 11) is 1.70. The molecule has 0 spiro atoms. The molecule has 118 valence electrons. The lowest BCUT2D eigenvalue weighted by Crippen LogP contribution is -2.50. The second-order valence-electron chi connectivity index (χ2n) is 6.49. The minimum atomic E-state index is -0.823. The molecule has 0 aromatic rings. The van der Waals surface area contributed by atoms with Crippen LogP contribution in [0.4, 0.5) is 0 Å². The molecule has 0 saturated heterocycles. The number of hydrogen-bond donors (Lipinski definition) is 2. The van der Waals surface area contributed by atoms with Crippen LogP contribution < -0.4 is 5.32 Å². The minimum Gasteiger partial charge on any atom is -0.480 e. The topological polar surface area (TPSA) is 67.8 Å². The van der Waals surface area contributed by atoms with Crippen LogP contribution in [0.15, 0.2) is 0 Å². The van der Waals surface area contributed by atoms with Gasteiger partial charge in [0.2, 0.25) is 0 Å². The van der Waals surface area contributed by atoms with Crippen LogP contribution in [0, 0.1) is 0 Å². The molecule has 1 aliphatic rings. The van der Waals surface area contributed by atoms with Gasteiger partial charge in [0.15, 0.2) is 0 Å². The summed E-state index contributed by atoms with van der Waals surface area (Å²) in [5, 5.41) is 12.5. The van der Waals surface area contributed by atoms with Gasteiger partial charge in [0.05, 0.1) is 5.60 Å². The van der Waals surface area contributed by atoms with Crippen molar-refractivity contribution in [1.82, 2.24) is 5.32 Å². The Bertz CT molecular complexity index is 315. The second kappa shape index (κ2) is 7.38. The van der Waals surface area contributed by atoms with Crippen LogP contribution in [-0.2, 0) is 14.3 Å². The first-order valence-corrected chi connectivity index (χ1v) is 7.43. The number of nitrogens with one attached hydrogen (secondary N) is 1. The van der Waals surface area contributed by atoms with Gasteiger partial charge in [-0.2, -0.15) is 0 Å². The summed E-state index contributed by atoms with van der Waals surface area (Å²) in [6.45, 7) is 7.05. The third-order valence-electron chi connectivity index (χ3n) is 3.94. The molecule has 1 aliphatic carbocycles. The SMILES string of the molecule is COC(C)(C)CCOCCCC(C)(NC1CC1)C(=O)O. The molecule has 1 fully saturated rings. The van der Waals surface area contributed by atoms with Crippen molar-refractivity contribution in [3.63, 3.8) is 0 Å². The maximum absolute atomic E-state index is 11.4. The number of methoxy groups -OCH3 is 1. The largest absolute Gasteiger partial charge is 0.480 e. The monoisotopic (exact) mass is 287 g/mol. The number of carboxylic acids is 1. The third kappa shape index (κ3) is 6.20. The molecule has 1 rings (SSSR count). The van der Waals surface area contributed by atoms with Crippen molar-refractivity contribution < 1.29 is 19.4 Å². The Balaban J connectivity index is 2.16. The highest BCUT2D eigenvalue weighted by atomic mass is 16.5. The van der Waals surface area contributed by atoms with Gasteiger partial charge in [0.25, 0.3) is 0 Å². The summed E-state index contributed by atoms with van der Waals surface area (Å²) in [4.78, 5) is 11.4. The number of hydrogen-bond acceptors (Lipinski definition) is 4. The third-order valence-corrected chi connectivity index (χ3v) is 3.94. The minimum absolute atomic E-state index is 0.164. The zero-order valence-corrected chi connectivity index (χ0v) is 13.2. The van der Waals surface area contributed by atoms with Gasteiger partial charge in [0.1, 0.15) is 5.54 Å². The van der Waals surface area contributed by atoms with Gasteiger partial charge in [-0.1, -0.05) is 0 Å². The van der Waals surface area contributed by atoms with Gasteiger partial charge in [-0.15, -0.1) is 0 Å². The first kappa shape index (κ1) is 17.4. The molecule has 1 atom stereocenters. The van der Waals surface area contributed by atoms with E-state index in [1.807, 2.05) is 13.8 Å². The van der Waals surface area contributed by atoms with Crippen molar-refractivity contribution in [3.8, 4) is 0 Å². The Morgan fingerprint density at radius 3 is 2.40 bits per heavy atom. The summed E-state index contributed by atoms with van der Waals surface area (Å²) in [5.74, 6) is -0.773. The normalized spacial score (nSPS) is 18.8. The van der Waals surface area contributed by atoms with E-state index in [9.17, 15) is 9.90 Å². The van der Waals surface area contributed by atoms with Crippen LogP contribution in [0.25, 0.3) is 0 Å². The van der Waals surface area contributed by atoms with E-state index in [0.29, 0.717) is 25.7 Å². The number of ether oxygens (including phenoxy) is 2. The smallest absolute Gasteiger partial charge is 0.323 e. The number of carboxylic acid groups (broad SMARTS) is 1. The first-order chi connectivity index (χ1) is 9.29. The molecule has 0 aromatic carbocycles. The van der Waals surface area contributed by atoms with Crippen LogP contribution in [0.5, 0.6) is 0 Å². The average Bonchev–Trinajstić information content (AvgIpc) is 3.17. The molecule has 5 nitrogen and oxygen atoms in total. The summed E-state index contributed by atoms with van der Waals surface area (Å²) < 4.78 is 10.9. The molecule has 0 radical (unpaired) electrons. The summed E-state index contributed by atoms with van der Waals surface area (Å²) in [6.07, 6.45) is 4.35. The number of carbonyl (C=O) groups is 1. The highest BCUT2D eigenvalue weighted by Gasteiger charge is 2.37. The predicted molar refractivity (Wildman–Crippen MR) is 78.0 cm³/mol. The van der Waals surface area contributed by atoms with Crippen molar-refractivity contribution in [2.24, 2.45) is 0 Å². The van der Waals surface area contributed by atoms with E-state index in [1.165, 1.54) is 0 Å². The Morgan fingerprint density at radius 1 is 1.25 bits per heavy atom.